The van der Waals surface area contributed by atoms with Crippen LogP contribution in [0.4, 0.5) is 0 Å². The SMILES string of the molecule is NC(=S)n1nc(-c2ccccc2)cc1-c1ccc(Cl)cc1. The number of nitrogens with zero attached hydrogens (tertiary/aromatic N) is 2. The fraction of sp³-hybridized carbons (Fsp3) is 0. The number of hydrogen-bond donors (Lipinski definition) is 1. The Morgan fingerprint density at radius 1 is 1.00 bits per heavy atom. The lowest BCUT2D eigenvalue weighted by molar-refractivity contribution is 0.951. The molecule has 0 amide bonds. The average molecular weight is 314 g/mol. The van der Waals surface area contributed by atoms with Gasteiger partial charge in [0.1, 0.15) is 0 Å². The van der Waals surface area contributed by atoms with E-state index >= 15 is 0 Å². The van der Waals surface area contributed by atoms with Crippen LogP contribution in [0, 0.1) is 0 Å². The summed E-state index contributed by atoms with van der Waals surface area (Å²) in [5.74, 6) is 0. The van der Waals surface area contributed by atoms with Crippen molar-refractivity contribution in [1.29, 1.82) is 0 Å². The molecule has 0 saturated heterocycles. The van der Waals surface area contributed by atoms with Gasteiger partial charge in [-0.3, -0.25) is 0 Å². The first kappa shape index (κ1) is 13.8. The zero-order chi connectivity index (χ0) is 14.8. The van der Waals surface area contributed by atoms with Crippen molar-refractivity contribution in [3.05, 3.63) is 65.7 Å². The highest BCUT2D eigenvalue weighted by Gasteiger charge is 2.12. The molecule has 0 spiro atoms. The Morgan fingerprint density at radius 3 is 2.29 bits per heavy atom. The molecule has 0 radical (unpaired) electrons. The Hall–Kier alpha value is -2.17. The normalized spacial score (nSPS) is 10.5. The van der Waals surface area contributed by atoms with Crippen molar-refractivity contribution in [3.63, 3.8) is 0 Å². The summed E-state index contributed by atoms with van der Waals surface area (Å²) in [6.45, 7) is 0. The first-order valence-corrected chi connectivity index (χ1v) is 7.15. The third kappa shape index (κ3) is 2.82. The van der Waals surface area contributed by atoms with E-state index in [-0.39, 0.29) is 5.11 Å². The lowest BCUT2D eigenvalue weighted by Crippen LogP contribution is -2.21. The number of thiocarbonyl (C=S) groups is 1. The smallest absolute Gasteiger partial charge is 0.191 e. The van der Waals surface area contributed by atoms with E-state index in [4.69, 9.17) is 29.6 Å². The molecule has 0 unspecified atom stereocenters. The first-order chi connectivity index (χ1) is 10.1. The molecule has 1 aromatic heterocycles. The highest BCUT2D eigenvalue weighted by atomic mass is 35.5. The third-order valence-electron chi connectivity index (χ3n) is 3.13. The monoisotopic (exact) mass is 313 g/mol. The molecule has 1 heterocycles. The Morgan fingerprint density at radius 2 is 1.67 bits per heavy atom. The van der Waals surface area contributed by atoms with E-state index in [2.05, 4.69) is 5.10 Å². The maximum atomic E-state index is 5.93. The lowest BCUT2D eigenvalue weighted by atomic mass is 10.1. The molecule has 3 nitrogen and oxygen atoms in total. The van der Waals surface area contributed by atoms with Crippen LogP contribution in [0.1, 0.15) is 0 Å². The van der Waals surface area contributed by atoms with Gasteiger partial charge < -0.3 is 5.73 Å². The number of aromatic nitrogens is 2. The predicted octanol–water partition coefficient (Wildman–Crippen LogP) is 3.96. The van der Waals surface area contributed by atoms with Gasteiger partial charge in [-0.2, -0.15) is 5.10 Å². The van der Waals surface area contributed by atoms with Gasteiger partial charge >= 0.3 is 0 Å². The van der Waals surface area contributed by atoms with Gasteiger partial charge in [-0.05, 0) is 30.4 Å². The van der Waals surface area contributed by atoms with Crippen molar-refractivity contribution in [1.82, 2.24) is 9.78 Å². The minimum absolute atomic E-state index is 0.210. The second-order valence-corrected chi connectivity index (χ2v) is 5.39. The molecule has 104 valence electrons. The van der Waals surface area contributed by atoms with Gasteiger partial charge in [0.25, 0.3) is 0 Å². The molecular weight excluding hydrogens is 302 g/mol. The summed E-state index contributed by atoms with van der Waals surface area (Å²) in [4.78, 5) is 0. The average Bonchev–Trinajstić information content (AvgIpc) is 2.94. The van der Waals surface area contributed by atoms with Crippen LogP contribution < -0.4 is 5.73 Å². The van der Waals surface area contributed by atoms with Crippen LogP contribution in [-0.2, 0) is 0 Å². The predicted molar refractivity (Wildman–Crippen MR) is 90.3 cm³/mol. The highest BCUT2D eigenvalue weighted by molar-refractivity contribution is 7.80. The zero-order valence-electron chi connectivity index (χ0n) is 11.0. The molecule has 21 heavy (non-hydrogen) atoms. The summed E-state index contributed by atoms with van der Waals surface area (Å²) in [5, 5.41) is 5.39. The minimum atomic E-state index is 0.210. The Bertz CT molecular complexity index is 779. The number of nitrogens with two attached hydrogens (primary N) is 1. The summed E-state index contributed by atoms with van der Waals surface area (Å²) in [5.41, 5.74) is 9.43. The quantitative estimate of drug-likeness (QED) is 0.728. The van der Waals surface area contributed by atoms with E-state index in [1.54, 1.807) is 4.68 Å². The van der Waals surface area contributed by atoms with Gasteiger partial charge in [-0.25, -0.2) is 4.68 Å². The van der Waals surface area contributed by atoms with Crippen molar-refractivity contribution in [2.75, 3.05) is 0 Å². The van der Waals surface area contributed by atoms with Crippen LogP contribution in [-0.4, -0.2) is 14.9 Å². The topological polar surface area (TPSA) is 43.8 Å². The number of rotatable bonds is 2. The lowest BCUT2D eigenvalue weighted by Gasteiger charge is -2.04. The molecule has 0 fully saturated rings. The van der Waals surface area contributed by atoms with Crippen LogP contribution in [0.3, 0.4) is 0 Å². The van der Waals surface area contributed by atoms with Crippen LogP contribution >= 0.6 is 23.8 Å². The molecule has 5 heteroatoms. The second-order valence-electron chi connectivity index (χ2n) is 4.54. The van der Waals surface area contributed by atoms with Crippen molar-refractivity contribution in [3.8, 4) is 22.5 Å². The van der Waals surface area contributed by atoms with Gasteiger partial charge in [-0.1, -0.05) is 54.1 Å². The first-order valence-electron chi connectivity index (χ1n) is 6.36. The number of halogens is 1. The van der Waals surface area contributed by atoms with E-state index in [0.717, 1.165) is 22.5 Å². The molecule has 0 aliphatic rings. The molecule has 0 saturated carbocycles. The van der Waals surface area contributed by atoms with E-state index in [1.165, 1.54) is 0 Å². The molecule has 0 aliphatic carbocycles. The largest absolute Gasteiger partial charge is 0.374 e. The molecule has 2 aromatic carbocycles. The van der Waals surface area contributed by atoms with Crippen LogP contribution in [0.2, 0.25) is 5.02 Å². The summed E-state index contributed by atoms with van der Waals surface area (Å²) >= 11 is 11.0. The second kappa shape index (κ2) is 5.68. The van der Waals surface area contributed by atoms with Gasteiger partial charge in [0.05, 0.1) is 11.4 Å². The summed E-state index contributed by atoms with van der Waals surface area (Å²) in [6.07, 6.45) is 0. The standard InChI is InChI=1S/C16H12ClN3S/c17-13-8-6-12(7-9-13)15-10-14(19-20(15)16(18)21)11-4-2-1-3-5-11/h1-10H,(H2,18,21). The van der Waals surface area contributed by atoms with Crippen molar-refractivity contribution >= 4 is 28.9 Å². The van der Waals surface area contributed by atoms with E-state index in [1.807, 2.05) is 60.7 Å². The van der Waals surface area contributed by atoms with Crippen molar-refractivity contribution < 1.29 is 0 Å². The maximum absolute atomic E-state index is 5.93. The van der Waals surface area contributed by atoms with E-state index in [9.17, 15) is 0 Å². The molecule has 2 N–H and O–H groups in total. The Kier molecular flexibility index (Phi) is 3.73. The number of benzene rings is 2. The van der Waals surface area contributed by atoms with Gasteiger partial charge in [0, 0.05) is 16.1 Å². The molecule has 3 aromatic rings. The van der Waals surface area contributed by atoms with Gasteiger partial charge in [-0.15, -0.1) is 0 Å². The van der Waals surface area contributed by atoms with Crippen LogP contribution in [0.25, 0.3) is 22.5 Å². The molecular formula is C16H12ClN3S. The van der Waals surface area contributed by atoms with Crippen molar-refractivity contribution in [2.24, 2.45) is 5.73 Å². The third-order valence-corrected chi connectivity index (χ3v) is 3.55. The zero-order valence-corrected chi connectivity index (χ0v) is 12.6. The fourth-order valence-electron chi connectivity index (χ4n) is 2.13. The fourth-order valence-corrected chi connectivity index (χ4v) is 2.39. The Labute approximate surface area is 133 Å². The number of hydrogen-bond acceptors (Lipinski definition) is 2. The van der Waals surface area contributed by atoms with Crippen molar-refractivity contribution in [2.45, 2.75) is 0 Å². The summed E-state index contributed by atoms with van der Waals surface area (Å²) in [7, 11) is 0. The molecule has 0 atom stereocenters. The van der Waals surface area contributed by atoms with Crippen LogP contribution in [0.5, 0.6) is 0 Å². The van der Waals surface area contributed by atoms with E-state index < -0.39 is 0 Å². The van der Waals surface area contributed by atoms with Gasteiger partial charge in [0.2, 0.25) is 0 Å². The Balaban J connectivity index is 2.14. The highest BCUT2D eigenvalue weighted by Crippen LogP contribution is 2.26. The van der Waals surface area contributed by atoms with Crippen LogP contribution in [0.15, 0.2) is 60.7 Å². The molecule has 0 aliphatic heterocycles. The van der Waals surface area contributed by atoms with Gasteiger partial charge in [0.15, 0.2) is 5.11 Å². The molecule has 3 rings (SSSR count). The molecule has 0 bridgehead atoms. The summed E-state index contributed by atoms with van der Waals surface area (Å²) in [6, 6.07) is 19.4. The minimum Gasteiger partial charge on any atom is -0.374 e. The summed E-state index contributed by atoms with van der Waals surface area (Å²) < 4.78 is 1.57. The van der Waals surface area contributed by atoms with E-state index in [0.29, 0.717) is 5.02 Å². The maximum Gasteiger partial charge on any atom is 0.191 e.